The van der Waals surface area contributed by atoms with Crippen molar-refractivity contribution in [2.45, 2.75) is 26.8 Å². The number of amides is 1. The molecule has 1 N–H and O–H groups in total. The molecule has 8 heteroatoms. The van der Waals surface area contributed by atoms with Gasteiger partial charge in [0.1, 0.15) is 17.5 Å². The highest BCUT2D eigenvalue weighted by Gasteiger charge is 2.22. The molecule has 0 spiro atoms. The fraction of sp³-hybridized carbons (Fsp3) is 0.333. The summed E-state index contributed by atoms with van der Waals surface area (Å²) in [4.78, 5) is 25.0. The van der Waals surface area contributed by atoms with Crippen molar-refractivity contribution in [2.75, 3.05) is 36.4 Å². The fourth-order valence-corrected chi connectivity index (χ4v) is 4.25. The van der Waals surface area contributed by atoms with Crippen LogP contribution in [0.4, 0.5) is 11.6 Å². The Kier molecular flexibility index (Phi) is 5.13. The number of hydrogen-bond donors (Lipinski definition) is 1. The zero-order valence-corrected chi connectivity index (χ0v) is 18.6. The Hall–Kier alpha value is -3.68. The largest absolute Gasteiger partial charge is 0.363 e. The van der Waals surface area contributed by atoms with Gasteiger partial charge in [-0.15, -0.1) is 5.10 Å². The van der Waals surface area contributed by atoms with Gasteiger partial charge in [-0.05, 0) is 36.2 Å². The van der Waals surface area contributed by atoms with Crippen molar-refractivity contribution in [1.82, 2.24) is 24.5 Å². The fourth-order valence-electron chi connectivity index (χ4n) is 4.25. The molecule has 1 amide bonds. The minimum atomic E-state index is 0.0668. The highest BCUT2D eigenvalue weighted by Crippen LogP contribution is 2.26. The van der Waals surface area contributed by atoms with Gasteiger partial charge in [0, 0.05) is 45.2 Å². The zero-order valence-electron chi connectivity index (χ0n) is 18.6. The molecule has 3 heterocycles. The third-order valence-corrected chi connectivity index (χ3v) is 6.09. The van der Waals surface area contributed by atoms with Gasteiger partial charge >= 0.3 is 0 Å². The molecule has 4 aromatic rings. The van der Waals surface area contributed by atoms with Crippen LogP contribution < -0.4 is 10.2 Å². The second-order valence-electron chi connectivity index (χ2n) is 8.34. The van der Waals surface area contributed by atoms with Crippen molar-refractivity contribution in [2.24, 2.45) is 0 Å². The standard InChI is InChI=1S/C24H27N7O/c1-16(20-9-8-19-6-4-5-7-21(19)14-20)25-23-15-22(27-24-26-17(2)28-31(23)24)30-12-10-29(11-13-30)18(3)32/h4-9,14-16,25H,10-13H2,1-3H3/t16-/m1/s1. The number of nitrogens with zero attached hydrogens (tertiary/aromatic N) is 6. The monoisotopic (exact) mass is 429 g/mol. The summed E-state index contributed by atoms with van der Waals surface area (Å²) in [7, 11) is 0. The van der Waals surface area contributed by atoms with Crippen LogP contribution in [-0.4, -0.2) is 56.6 Å². The normalized spacial score (nSPS) is 15.3. The quantitative estimate of drug-likeness (QED) is 0.536. The average Bonchev–Trinajstić information content (AvgIpc) is 3.19. The Bertz CT molecular complexity index is 1290. The summed E-state index contributed by atoms with van der Waals surface area (Å²) in [6.07, 6.45) is 0. The number of hydrogen-bond acceptors (Lipinski definition) is 6. The zero-order chi connectivity index (χ0) is 22.2. The van der Waals surface area contributed by atoms with Gasteiger partial charge in [-0.25, -0.2) is 0 Å². The van der Waals surface area contributed by atoms with Crippen LogP contribution in [0.15, 0.2) is 48.5 Å². The SMILES string of the molecule is CC(=O)N1CCN(c2cc(N[C@H](C)c3ccc4ccccc4c3)n3nc(C)nc3n2)CC1. The van der Waals surface area contributed by atoms with E-state index in [0.717, 1.165) is 24.7 Å². The van der Waals surface area contributed by atoms with Crippen LogP contribution in [0.3, 0.4) is 0 Å². The van der Waals surface area contributed by atoms with Gasteiger partial charge in [0.25, 0.3) is 5.78 Å². The van der Waals surface area contributed by atoms with E-state index in [-0.39, 0.29) is 11.9 Å². The lowest BCUT2D eigenvalue weighted by atomic mass is 10.0. The highest BCUT2D eigenvalue weighted by molar-refractivity contribution is 5.83. The lowest BCUT2D eigenvalue weighted by Crippen LogP contribution is -2.48. The molecule has 1 aliphatic heterocycles. The first-order valence-electron chi connectivity index (χ1n) is 11.0. The van der Waals surface area contributed by atoms with Gasteiger partial charge in [-0.2, -0.15) is 14.5 Å². The molecule has 8 nitrogen and oxygen atoms in total. The first-order valence-corrected chi connectivity index (χ1v) is 11.0. The molecule has 1 aliphatic rings. The number of fused-ring (bicyclic) bond motifs is 2. The first kappa shape index (κ1) is 20.2. The molecule has 0 saturated carbocycles. The van der Waals surface area contributed by atoms with Crippen molar-refractivity contribution in [1.29, 1.82) is 0 Å². The second kappa shape index (κ2) is 8.11. The topological polar surface area (TPSA) is 78.7 Å². The van der Waals surface area contributed by atoms with Gasteiger partial charge < -0.3 is 15.1 Å². The number of piperazine rings is 1. The molecular weight excluding hydrogens is 402 g/mol. The summed E-state index contributed by atoms with van der Waals surface area (Å²) >= 11 is 0. The van der Waals surface area contributed by atoms with E-state index >= 15 is 0 Å². The molecule has 2 aromatic heterocycles. The van der Waals surface area contributed by atoms with Crippen LogP contribution in [0.2, 0.25) is 0 Å². The van der Waals surface area contributed by atoms with Crippen molar-refractivity contribution in [3.05, 3.63) is 59.9 Å². The Morgan fingerprint density at radius 3 is 2.50 bits per heavy atom. The van der Waals surface area contributed by atoms with E-state index in [1.54, 1.807) is 11.4 Å². The van der Waals surface area contributed by atoms with Crippen molar-refractivity contribution >= 4 is 34.1 Å². The number of anilines is 2. The van der Waals surface area contributed by atoms with E-state index < -0.39 is 0 Å². The van der Waals surface area contributed by atoms with Crippen LogP contribution in [0.5, 0.6) is 0 Å². The Balaban J connectivity index is 1.45. The van der Waals surface area contributed by atoms with Crippen LogP contribution in [0, 0.1) is 6.92 Å². The van der Waals surface area contributed by atoms with E-state index in [9.17, 15) is 4.79 Å². The predicted octanol–water partition coefficient (Wildman–Crippen LogP) is 3.43. The number of carbonyl (C=O) groups is 1. The van der Waals surface area contributed by atoms with Crippen molar-refractivity contribution in [3.8, 4) is 0 Å². The maximum Gasteiger partial charge on any atom is 0.256 e. The number of nitrogens with one attached hydrogen (secondary N) is 1. The van der Waals surface area contributed by atoms with Crippen LogP contribution in [0.1, 0.15) is 31.3 Å². The Morgan fingerprint density at radius 2 is 1.75 bits per heavy atom. The van der Waals surface area contributed by atoms with E-state index in [0.29, 0.717) is 24.7 Å². The van der Waals surface area contributed by atoms with E-state index in [2.05, 4.69) is 69.7 Å². The van der Waals surface area contributed by atoms with Crippen LogP contribution in [-0.2, 0) is 4.79 Å². The molecule has 0 radical (unpaired) electrons. The number of carbonyl (C=O) groups excluding carboxylic acids is 1. The van der Waals surface area contributed by atoms with Gasteiger partial charge in [0.2, 0.25) is 5.91 Å². The Labute approximate surface area is 186 Å². The number of benzene rings is 2. The molecule has 2 aromatic carbocycles. The molecule has 0 aliphatic carbocycles. The van der Waals surface area contributed by atoms with E-state index in [1.807, 2.05) is 17.9 Å². The average molecular weight is 430 g/mol. The van der Waals surface area contributed by atoms with Crippen LogP contribution in [0.25, 0.3) is 16.6 Å². The minimum absolute atomic E-state index is 0.0668. The molecule has 1 fully saturated rings. The maximum absolute atomic E-state index is 11.7. The number of aryl methyl sites for hydroxylation is 1. The molecular formula is C24H27N7O. The Morgan fingerprint density at radius 1 is 1.00 bits per heavy atom. The van der Waals surface area contributed by atoms with Gasteiger partial charge in [-0.1, -0.05) is 36.4 Å². The van der Waals surface area contributed by atoms with Crippen molar-refractivity contribution in [3.63, 3.8) is 0 Å². The highest BCUT2D eigenvalue weighted by atomic mass is 16.2. The van der Waals surface area contributed by atoms with E-state index in [4.69, 9.17) is 4.98 Å². The van der Waals surface area contributed by atoms with Gasteiger partial charge in [0.15, 0.2) is 0 Å². The summed E-state index contributed by atoms with van der Waals surface area (Å²) in [5.74, 6) is 3.06. The molecule has 0 unspecified atom stereocenters. The maximum atomic E-state index is 11.7. The third-order valence-electron chi connectivity index (χ3n) is 6.09. The first-order chi connectivity index (χ1) is 15.5. The summed E-state index contributed by atoms with van der Waals surface area (Å²) in [5.41, 5.74) is 1.20. The van der Waals surface area contributed by atoms with Gasteiger partial charge in [-0.3, -0.25) is 4.79 Å². The number of aromatic nitrogens is 4. The third kappa shape index (κ3) is 3.84. The molecule has 1 atom stereocenters. The summed E-state index contributed by atoms with van der Waals surface area (Å²) in [6.45, 7) is 8.52. The molecule has 0 bridgehead atoms. The lowest BCUT2D eigenvalue weighted by Gasteiger charge is -2.35. The minimum Gasteiger partial charge on any atom is -0.363 e. The summed E-state index contributed by atoms with van der Waals surface area (Å²) in [5, 5.41) is 10.6. The second-order valence-corrected chi connectivity index (χ2v) is 8.34. The molecule has 164 valence electrons. The molecule has 5 rings (SSSR count). The lowest BCUT2D eigenvalue weighted by molar-refractivity contribution is -0.129. The van der Waals surface area contributed by atoms with Crippen LogP contribution >= 0.6 is 0 Å². The van der Waals surface area contributed by atoms with Gasteiger partial charge in [0.05, 0.1) is 0 Å². The number of rotatable bonds is 4. The van der Waals surface area contributed by atoms with E-state index in [1.165, 1.54) is 16.3 Å². The smallest absolute Gasteiger partial charge is 0.256 e. The molecule has 32 heavy (non-hydrogen) atoms. The van der Waals surface area contributed by atoms with Crippen molar-refractivity contribution < 1.29 is 4.79 Å². The summed E-state index contributed by atoms with van der Waals surface area (Å²) in [6, 6.07) is 17.0. The predicted molar refractivity (Wildman–Crippen MR) is 126 cm³/mol. The summed E-state index contributed by atoms with van der Waals surface area (Å²) < 4.78 is 1.77. The molecule has 1 saturated heterocycles.